The van der Waals surface area contributed by atoms with Crippen LogP contribution in [0.25, 0.3) is 0 Å². The largest absolute Gasteiger partial charge is 0.360 e. The number of piperidine rings is 1. The van der Waals surface area contributed by atoms with Crippen LogP contribution in [0.2, 0.25) is 0 Å². The minimum Gasteiger partial charge on any atom is -0.360 e. The molecule has 3 unspecified atom stereocenters. The molecule has 0 aromatic carbocycles. The van der Waals surface area contributed by atoms with Gasteiger partial charge < -0.3 is 5.32 Å². The predicted molar refractivity (Wildman–Crippen MR) is 65.2 cm³/mol. The molecule has 15 heavy (non-hydrogen) atoms. The molecule has 1 N–H and O–H groups in total. The van der Waals surface area contributed by atoms with Crippen molar-refractivity contribution in [1.29, 1.82) is 0 Å². The van der Waals surface area contributed by atoms with Crippen molar-refractivity contribution >= 4 is 11.8 Å². The molecule has 2 aliphatic heterocycles. The molecule has 0 radical (unpaired) electrons. The van der Waals surface area contributed by atoms with Gasteiger partial charge in [-0.25, -0.2) is 0 Å². The van der Waals surface area contributed by atoms with E-state index < -0.39 is 0 Å². The molecule has 2 nitrogen and oxygen atoms in total. The lowest BCUT2D eigenvalue weighted by Crippen LogP contribution is -2.46. The fourth-order valence-corrected chi connectivity index (χ4v) is 4.06. The molecule has 0 aromatic rings. The molecule has 0 spiro atoms. The summed E-state index contributed by atoms with van der Waals surface area (Å²) in [5, 5.41) is 5.70. The second kappa shape index (κ2) is 3.87. The van der Waals surface area contributed by atoms with E-state index in [1.807, 2.05) is 17.8 Å². The summed E-state index contributed by atoms with van der Waals surface area (Å²) >= 11 is 1.89. The van der Waals surface area contributed by atoms with Crippen LogP contribution in [-0.4, -0.2) is 23.5 Å². The zero-order valence-corrected chi connectivity index (χ0v) is 9.80. The topological polar surface area (TPSA) is 15.3 Å². The van der Waals surface area contributed by atoms with Crippen molar-refractivity contribution in [3.63, 3.8) is 0 Å². The first kappa shape index (κ1) is 9.79. The van der Waals surface area contributed by atoms with Crippen LogP contribution in [0.1, 0.15) is 19.3 Å². The Balaban J connectivity index is 1.62. The second-order valence-corrected chi connectivity index (χ2v) is 5.86. The Labute approximate surface area is 95.8 Å². The van der Waals surface area contributed by atoms with E-state index in [-0.39, 0.29) is 0 Å². The van der Waals surface area contributed by atoms with Gasteiger partial charge in [-0.15, -0.1) is 0 Å². The molecule has 0 amide bonds. The van der Waals surface area contributed by atoms with Gasteiger partial charge in [0.1, 0.15) is 5.50 Å². The van der Waals surface area contributed by atoms with Crippen molar-refractivity contribution in [3.8, 4) is 0 Å². The van der Waals surface area contributed by atoms with E-state index >= 15 is 0 Å². The average Bonchev–Trinajstić information content (AvgIpc) is 2.85. The summed E-state index contributed by atoms with van der Waals surface area (Å²) in [7, 11) is 0. The molecule has 3 aliphatic rings. The maximum atomic E-state index is 3.80. The summed E-state index contributed by atoms with van der Waals surface area (Å²) in [6.45, 7) is 6.38. The van der Waals surface area contributed by atoms with Crippen LogP contribution >= 0.6 is 11.8 Å². The Hall–Kier alpha value is -0.410. The second-order valence-electron chi connectivity index (χ2n) is 4.91. The van der Waals surface area contributed by atoms with Crippen molar-refractivity contribution in [1.82, 2.24) is 10.2 Å². The van der Waals surface area contributed by atoms with Crippen molar-refractivity contribution < 1.29 is 0 Å². The van der Waals surface area contributed by atoms with E-state index in [4.69, 9.17) is 0 Å². The Morgan fingerprint density at radius 2 is 2.13 bits per heavy atom. The number of nitrogens with zero attached hydrogens (tertiary/aromatic N) is 1. The summed E-state index contributed by atoms with van der Waals surface area (Å²) in [5.41, 5.74) is 1.66. The van der Waals surface area contributed by atoms with Gasteiger partial charge in [-0.3, -0.25) is 4.90 Å². The molecule has 2 bridgehead atoms. The number of fused-ring (bicyclic) bond motifs is 2. The van der Waals surface area contributed by atoms with Crippen LogP contribution in [0.15, 0.2) is 23.8 Å². The lowest BCUT2D eigenvalue weighted by molar-refractivity contribution is 0.147. The van der Waals surface area contributed by atoms with Crippen LogP contribution in [0.3, 0.4) is 0 Å². The number of nitrogens with one attached hydrogen (secondary N) is 1. The number of thioether (sulfide) groups is 1. The fraction of sp³-hybridized carbons (Fsp3) is 0.667. The van der Waals surface area contributed by atoms with E-state index in [9.17, 15) is 0 Å². The number of hydrogen-bond donors (Lipinski definition) is 1. The Kier molecular flexibility index (Phi) is 2.53. The molecule has 1 aliphatic carbocycles. The molecule has 82 valence electrons. The highest BCUT2D eigenvalue weighted by Gasteiger charge is 2.36. The number of likely N-dealkylation sites (tertiary alicyclic amines) is 1. The Bertz CT molecular complexity index is 288. The quantitative estimate of drug-likeness (QED) is 0.772. The molecule has 2 heterocycles. The highest BCUT2D eigenvalue weighted by atomic mass is 32.2. The van der Waals surface area contributed by atoms with E-state index in [1.54, 1.807) is 0 Å². The monoisotopic (exact) mass is 222 g/mol. The van der Waals surface area contributed by atoms with Crippen LogP contribution in [0.5, 0.6) is 0 Å². The normalized spacial score (nSPS) is 40.0. The Morgan fingerprint density at radius 3 is 2.73 bits per heavy atom. The van der Waals surface area contributed by atoms with Gasteiger partial charge in [-0.05, 0) is 42.6 Å². The maximum absolute atomic E-state index is 3.80. The minimum atomic E-state index is 0.474. The van der Waals surface area contributed by atoms with E-state index in [0.29, 0.717) is 5.50 Å². The van der Waals surface area contributed by atoms with Gasteiger partial charge in [0, 0.05) is 18.8 Å². The number of rotatable bonds is 2. The van der Waals surface area contributed by atoms with Crippen molar-refractivity contribution in [2.45, 2.75) is 24.8 Å². The first-order chi connectivity index (χ1) is 7.35. The summed E-state index contributed by atoms with van der Waals surface area (Å²) in [5.74, 6) is 1.94. The smallest absolute Gasteiger partial charge is 0.132 e. The highest BCUT2D eigenvalue weighted by molar-refractivity contribution is 8.02. The standard InChI is InChI=1S/C12H18N2S/c1-2-11-8-15-12(13-11)14-6-9-3-4-10(5-9)7-14/h2,8-10,12-13H,1,3-7H2. The van der Waals surface area contributed by atoms with Gasteiger partial charge in [-0.2, -0.15) is 0 Å². The molecular formula is C12H18N2S. The molecule has 3 atom stereocenters. The van der Waals surface area contributed by atoms with E-state index in [0.717, 1.165) is 11.8 Å². The predicted octanol–water partition coefficient (Wildman–Crippen LogP) is 2.37. The first-order valence-electron chi connectivity index (χ1n) is 5.84. The summed E-state index contributed by atoms with van der Waals surface area (Å²) in [4.78, 5) is 2.61. The fourth-order valence-electron chi connectivity index (χ4n) is 3.07. The first-order valence-corrected chi connectivity index (χ1v) is 6.78. The van der Waals surface area contributed by atoms with Gasteiger partial charge in [0.25, 0.3) is 0 Å². The third-order valence-electron chi connectivity index (χ3n) is 3.80. The van der Waals surface area contributed by atoms with Crippen LogP contribution in [-0.2, 0) is 0 Å². The highest BCUT2D eigenvalue weighted by Crippen LogP contribution is 2.39. The molecular weight excluding hydrogens is 204 g/mol. The van der Waals surface area contributed by atoms with Crippen LogP contribution < -0.4 is 5.32 Å². The van der Waals surface area contributed by atoms with Crippen LogP contribution in [0, 0.1) is 11.8 Å². The van der Waals surface area contributed by atoms with E-state index in [1.165, 1.54) is 38.0 Å². The van der Waals surface area contributed by atoms with Crippen LogP contribution in [0.4, 0.5) is 0 Å². The lowest BCUT2D eigenvalue weighted by Gasteiger charge is -2.35. The van der Waals surface area contributed by atoms with Crippen molar-refractivity contribution in [2.75, 3.05) is 13.1 Å². The zero-order chi connectivity index (χ0) is 10.3. The molecule has 1 saturated carbocycles. The number of allylic oxidation sites excluding steroid dienone is 1. The van der Waals surface area contributed by atoms with Crippen molar-refractivity contribution in [3.05, 3.63) is 23.8 Å². The third kappa shape index (κ3) is 1.83. The minimum absolute atomic E-state index is 0.474. The zero-order valence-electron chi connectivity index (χ0n) is 8.98. The third-order valence-corrected chi connectivity index (χ3v) is 4.86. The molecule has 3 rings (SSSR count). The molecule has 0 aromatic heterocycles. The van der Waals surface area contributed by atoms with Gasteiger partial charge in [-0.1, -0.05) is 18.3 Å². The van der Waals surface area contributed by atoms with Gasteiger partial charge in [0.05, 0.1) is 0 Å². The van der Waals surface area contributed by atoms with Gasteiger partial charge >= 0.3 is 0 Å². The molecule has 2 fully saturated rings. The average molecular weight is 222 g/mol. The van der Waals surface area contributed by atoms with E-state index in [2.05, 4.69) is 22.2 Å². The molecule has 1 saturated heterocycles. The van der Waals surface area contributed by atoms with Crippen molar-refractivity contribution in [2.24, 2.45) is 11.8 Å². The van der Waals surface area contributed by atoms with Gasteiger partial charge in [0.15, 0.2) is 0 Å². The number of hydrogen-bond acceptors (Lipinski definition) is 3. The van der Waals surface area contributed by atoms with Gasteiger partial charge in [0.2, 0.25) is 0 Å². The summed E-state index contributed by atoms with van der Waals surface area (Å²) in [6, 6.07) is 0. The lowest BCUT2D eigenvalue weighted by atomic mass is 9.99. The summed E-state index contributed by atoms with van der Waals surface area (Å²) in [6.07, 6.45) is 6.31. The Morgan fingerprint density at radius 1 is 1.40 bits per heavy atom. The molecule has 3 heteroatoms. The summed E-state index contributed by atoms with van der Waals surface area (Å²) < 4.78 is 0. The maximum Gasteiger partial charge on any atom is 0.132 e. The SMILES string of the molecule is C=CC1=CSC(N2CC3CCC(C3)C2)N1.